The van der Waals surface area contributed by atoms with Crippen LogP contribution in [0, 0.1) is 19.3 Å². The van der Waals surface area contributed by atoms with E-state index in [1.165, 1.54) is 0 Å². The van der Waals surface area contributed by atoms with E-state index in [0.29, 0.717) is 6.54 Å². The second-order valence-electron chi connectivity index (χ2n) is 4.84. The van der Waals surface area contributed by atoms with E-state index in [2.05, 4.69) is 0 Å². The van der Waals surface area contributed by atoms with Crippen molar-refractivity contribution in [2.75, 3.05) is 6.54 Å². The molecule has 0 aliphatic rings. The van der Waals surface area contributed by atoms with Crippen LogP contribution in [0.3, 0.4) is 0 Å². The van der Waals surface area contributed by atoms with E-state index < -0.39 is 5.41 Å². The molecule has 0 spiro atoms. The molecule has 0 unspecified atom stereocenters. The Morgan fingerprint density at radius 2 is 1.82 bits per heavy atom. The molecule has 0 amide bonds. The Morgan fingerprint density at radius 1 is 1.24 bits per heavy atom. The molecular weight excluding hydrogens is 210 g/mol. The summed E-state index contributed by atoms with van der Waals surface area (Å²) in [6.07, 6.45) is 1.60. The van der Waals surface area contributed by atoms with Crippen LogP contribution >= 0.6 is 0 Å². The topological polar surface area (TPSA) is 43.1 Å². The number of hydrogen-bond acceptors (Lipinski definition) is 2. The summed E-state index contributed by atoms with van der Waals surface area (Å²) in [6, 6.07) is 6.02. The van der Waals surface area contributed by atoms with E-state index in [1.807, 2.05) is 45.9 Å². The van der Waals surface area contributed by atoms with E-state index in [0.717, 1.165) is 29.5 Å². The van der Waals surface area contributed by atoms with E-state index in [1.54, 1.807) is 0 Å². The number of carbonyl (C=O) groups excluding carboxylic acids is 1. The lowest BCUT2D eigenvalue weighted by molar-refractivity contribution is 0.0786. The van der Waals surface area contributed by atoms with Gasteiger partial charge in [-0.2, -0.15) is 0 Å². The second-order valence-corrected chi connectivity index (χ2v) is 4.84. The maximum absolute atomic E-state index is 12.7. The molecule has 94 valence electrons. The Bertz CT molecular complexity index is 397. The number of hydrogen-bond donors (Lipinski definition) is 1. The van der Waals surface area contributed by atoms with Crippen molar-refractivity contribution in [3.63, 3.8) is 0 Å². The van der Waals surface area contributed by atoms with Gasteiger partial charge in [0.05, 0.1) is 0 Å². The Hall–Kier alpha value is -1.15. The summed E-state index contributed by atoms with van der Waals surface area (Å²) < 4.78 is 0. The van der Waals surface area contributed by atoms with Crippen LogP contribution in [0.25, 0.3) is 0 Å². The number of Topliss-reactive ketones (excluding diaryl/α,β-unsaturated/α-hetero) is 1. The minimum Gasteiger partial charge on any atom is -0.329 e. The lowest BCUT2D eigenvalue weighted by Gasteiger charge is -2.29. The van der Waals surface area contributed by atoms with Crippen molar-refractivity contribution >= 4 is 5.78 Å². The molecule has 0 saturated carbocycles. The summed E-state index contributed by atoms with van der Waals surface area (Å²) >= 11 is 0. The number of ketones is 1. The summed E-state index contributed by atoms with van der Waals surface area (Å²) in [5.41, 5.74) is 8.44. The number of rotatable bonds is 5. The van der Waals surface area contributed by atoms with E-state index in [9.17, 15) is 4.79 Å². The molecule has 1 aromatic carbocycles. The maximum Gasteiger partial charge on any atom is 0.170 e. The molecule has 0 aliphatic heterocycles. The SMILES string of the molecule is CCC(CC)(CN)C(=O)c1cc(C)ccc1C. The van der Waals surface area contributed by atoms with Gasteiger partial charge in [0.2, 0.25) is 0 Å². The molecule has 0 heterocycles. The molecule has 1 aromatic rings. The van der Waals surface area contributed by atoms with Gasteiger partial charge in [0, 0.05) is 17.5 Å². The fraction of sp³-hybridized carbons (Fsp3) is 0.533. The predicted octanol–water partition coefficient (Wildman–Crippen LogP) is 3.25. The van der Waals surface area contributed by atoms with Crippen LogP contribution in [0.4, 0.5) is 0 Å². The van der Waals surface area contributed by atoms with Gasteiger partial charge in [0.25, 0.3) is 0 Å². The van der Waals surface area contributed by atoms with Crippen molar-refractivity contribution in [2.45, 2.75) is 40.5 Å². The van der Waals surface area contributed by atoms with Gasteiger partial charge in [-0.1, -0.05) is 31.5 Å². The lowest BCUT2D eigenvalue weighted by Crippen LogP contribution is -2.38. The molecule has 0 fully saturated rings. The molecule has 0 saturated heterocycles. The van der Waals surface area contributed by atoms with Crippen molar-refractivity contribution in [1.29, 1.82) is 0 Å². The fourth-order valence-corrected chi connectivity index (χ4v) is 2.22. The standard InChI is InChI=1S/C15H23NO/c1-5-15(6-2,10-16)14(17)13-9-11(3)7-8-12(13)4/h7-9H,5-6,10,16H2,1-4H3. The second kappa shape index (κ2) is 5.46. The van der Waals surface area contributed by atoms with Crippen LogP contribution in [0.15, 0.2) is 18.2 Å². The van der Waals surface area contributed by atoms with Crippen LogP contribution in [-0.4, -0.2) is 12.3 Å². The summed E-state index contributed by atoms with van der Waals surface area (Å²) in [5.74, 6) is 0.200. The third kappa shape index (κ3) is 2.58. The van der Waals surface area contributed by atoms with Crippen LogP contribution < -0.4 is 5.73 Å². The first-order chi connectivity index (χ1) is 8.00. The number of benzene rings is 1. The molecule has 2 nitrogen and oxygen atoms in total. The average molecular weight is 233 g/mol. The van der Waals surface area contributed by atoms with Gasteiger partial charge in [-0.25, -0.2) is 0 Å². The molecule has 0 aliphatic carbocycles. The first-order valence-electron chi connectivity index (χ1n) is 6.33. The maximum atomic E-state index is 12.7. The van der Waals surface area contributed by atoms with Crippen molar-refractivity contribution < 1.29 is 4.79 Å². The summed E-state index contributed by atoms with van der Waals surface area (Å²) in [4.78, 5) is 12.7. The summed E-state index contributed by atoms with van der Waals surface area (Å²) in [5, 5.41) is 0. The highest BCUT2D eigenvalue weighted by molar-refractivity contribution is 6.02. The van der Waals surface area contributed by atoms with Gasteiger partial charge in [0.15, 0.2) is 5.78 Å². The highest BCUT2D eigenvalue weighted by Gasteiger charge is 2.34. The first kappa shape index (κ1) is 13.9. The van der Waals surface area contributed by atoms with Crippen LogP contribution in [0.1, 0.15) is 48.2 Å². The smallest absolute Gasteiger partial charge is 0.170 e. The van der Waals surface area contributed by atoms with Gasteiger partial charge in [-0.05, 0) is 38.3 Å². The first-order valence-corrected chi connectivity index (χ1v) is 6.33. The molecular formula is C15H23NO. The zero-order valence-electron chi connectivity index (χ0n) is 11.3. The van der Waals surface area contributed by atoms with Crippen molar-refractivity contribution in [1.82, 2.24) is 0 Å². The van der Waals surface area contributed by atoms with Gasteiger partial charge in [-0.15, -0.1) is 0 Å². The fourth-order valence-electron chi connectivity index (χ4n) is 2.22. The molecule has 1 rings (SSSR count). The zero-order valence-corrected chi connectivity index (χ0v) is 11.3. The van der Waals surface area contributed by atoms with Gasteiger partial charge in [0.1, 0.15) is 0 Å². The van der Waals surface area contributed by atoms with Crippen molar-refractivity contribution in [3.05, 3.63) is 34.9 Å². The summed E-state index contributed by atoms with van der Waals surface area (Å²) in [6.45, 7) is 8.50. The minimum atomic E-state index is -0.390. The third-order valence-electron chi connectivity index (χ3n) is 3.86. The van der Waals surface area contributed by atoms with Gasteiger partial charge in [-0.3, -0.25) is 4.79 Å². The Morgan fingerprint density at radius 3 is 2.29 bits per heavy atom. The molecule has 0 atom stereocenters. The number of nitrogens with two attached hydrogens (primary N) is 1. The number of aryl methyl sites for hydroxylation is 2. The summed E-state index contributed by atoms with van der Waals surface area (Å²) in [7, 11) is 0. The normalized spacial score (nSPS) is 11.6. The van der Waals surface area contributed by atoms with Crippen LogP contribution in [0.5, 0.6) is 0 Å². The van der Waals surface area contributed by atoms with E-state index in [-0.39, 0.29) is 5.78 Å². The molecule has 2 heteroatoms. The quantitative estimate of drug-likeness (QED) is 0.793. The highest BCUT2D eigenvalue weighted by atomic mass is 16.1. The number of carbonyl (C=O) groups is 1. The van der Waals surface area contributed by atoms with Gasteiger partial charge < -0.3 is 5.73 Å². The minimum absolute atomic E-state index is 0.200. The van der Waals surface area contributed by atoms with Crippen LogP contribution in [0.2, 0.25) is 0 Å². The van der Waals surface area contributed by atoms with E-state index >= 15 is 0 Å². The molecule has 0 radical (unpaired) electrons. The molecule has 2 N–H and O–H groups in total. The molecule has 17 heavy (non-hydrogen) atoms. The van der Waals surface area contributed by atoms with Crippen LogP contribution in [-0.2, 0) is 0 Å². The highest BCUT2D eigenvalue weighted by Crippen LogP contribution is 2.31. The predicted molar refractivity (Wildman–Crippen MR) is 72.3 cm³/mol. The average Bonchev–Trinajstić information content (AvgIpc) is 2.35. The Labute approximate surface area is 104 Å². The third-order valence-corrected chi connectivity index (χ3v) is 3.86. The van der Waals surface area contributed by atoms with Gasteiger partial charge >= 0.3 is 0 Å². The van der Waals surface area contributed by atoms with E-state index in [4.69, 9.17) is 5.73 Å². The zero-order chi connectivity index (χ0) is 13.1. The van der Waals surface area contributed by atoms with Crippen molar-refractivity contribution in [3.8, 4) is 0 Å². The molecule has 0 aromatic heterocycles. The Kier molecular flexibility index (Phi) is 4.47. The lowest BCUT2D eigenvalue weighted by atomic mass is 9.75. The largest absolute Gasteiger partial charge is 0.329 e. The Balaban J connectivity index is 3.23. The van der Waals surface area contributed by atoms with Crippen molar-refractivity contribution in [2.24, 2.45) is 11.1 Å². The molecule has 0 bridgehead atoms. The monoisotopic (exact) mass is 233 g/mol.